The van der Waals surface area contributed by atoms with Gasteiger partial charge in [0.1, 0.15) is 0 Å². The number of hydrogen-bond acceptors (Lipinski definition) is 2. The largest absolute Gasteiger partial charge is 0.525 e. The molecule has 0 spiro atoms. The number of hydrogen-bond donors (Lipinski definition) is 0. The molecule has 1 unspecified atom stereocenters. The normalized spacial score (nSPS) is 15.9. The zero-order valence-corrected chi connectivity index (χ0v) is 6.37. The Bertz CT molecular complexity index is 156. The van der Waals surface area contributed by atoms with Crippen molar-refractivity contribution in [2.45, 2.75) is 25.8 Å². The summed E-state index contributed by atoms with van der Waals surface area (Å²) in [6.07, 6.45) is -13.9. The van der Waals surface area contributed by atoms with Gasteiger partial charge >= 0.3 is 12.5 Å². The zero-order chi connectivity index (χ0) is 10.7. The third kappa shape index (κ3) is 4.94. The van der Waals surface area contributed by atoms with Crippen LogP contribution in [-0.2, 0) is 9.47 Å². The van der Waals surface area contributed by atoms with Crippen LogP contribution in [-0.4, -0.2) is 25.4 Å². The van der Waals surface area contributed by atoms with Crippen molar-refractivity contribution in [1.82, 2.24) is 0 Å². The minimum Gasteiger partial charge on any atom is -0.317 e. The van der Waals surface area contributed by atoms with E-state index in [1.54, 1.807) is 0 Å². The Labute approximate surface area is 69.4 Å². The van der Waals surface area contributed by atoms with E-state index < -0.39 is 25.4 Å². The van der Waals surface area contributed by atoms with E-state index in [0.717, 1.165) is 6.92 Å². The van der Waals surface area contributed by atoms with E-state index in [9.17, 15) is 26.3 Å². The lowest BCUT2D eigenvalue weighted by atomic mass is 10.6. The average Bonchev–Trinajstić information content (AvgIpc) is 1.82. The summed E-state index contributed by atoms with van der Waals surface area (Å²) in [5.41, 5.74) is 0. The van der Waals surface area contributed by atoms with Crippen LogP contribution in [0.5, 0.6) is 0 Å². The van der Waals surface area contributed by atoms with Crippen molar-refractivity contribution in [3.63, 3.8) is 0 Å². The molecule has 13 heavy (non-hydrogen) atoms. The van der Waals surface area contributed by atoms with Gasteiger partial charge in [-0.1, -0.05) is 0 Å². The Hall–Kier alpha value is -0.500. The van der Waals surface area contributed by atoms with Crippen molar-refractivity contribution >= 4 is 0 Å². The molecule has 0 radical (unpaired) electrons. The Morgan fingerprint density at radius 3 is 1.92 bits per heavy atom. The molecule has 0 aliphatic carbocycles. The molecule has 80 valence electrons. The monoisotopic (exact) mass is 212 g/mol. The van der Waals surface area contributed by atoms with E-state index in [1.165, 1.54) is 0 Å². The fourth-order valence-corrected chi connectivity index (χ4v) is 0.444. The molecule has 0 fully saturated rings. The van der Waals surface area contributed by atoms with Gasteiger partial charge in [0, 0.05) is 0 Å². The maximum absolute atomic E-state index is 12.1. The molecule has 0 rings (SSSR count). The molecule has 2 nitrogen and oxygen atoms in total. The van der Waals surface area contributed by atoms with Crippen LogP contribution in [0.25, 0.3) is 0 Å². The van der Waals surface area contributed by atoms with Gasteiger partial charge in [-0.05, 0) is 6.92 Å². The molecule has 1 atom stereocenters. The first-order valence-corrected chi connectivity index (χ1v) is 3.09. The number of ether oxygens (including phenoxy) is 2. The zero-order valence-electron chi connectivity index (χ0n) is 6.37. The summed E-state index contributed by atoms with van der Waals surface area (Å²) in [7, 11) is 0. The lowest BCUT2D eigenvalue weighted by molar-refractivity contribution is -0.423. The molecule has 0 N–H and O–H groups in total. The van der Waals surface area contributed by atoms with Gasteiger partial charge in [0.25, 0.3) is 6.36 Å². The van der Waals surface area contributed by atoms with Gasteiger partial charge in [0.15, 0.2) is 0 Å². The number of rotatable bonds is 4. The summed E-state index contributed by atoms with van der Waals surface area (Å²) in [5.74, 6) is 0. The van der Waals surface area contributed by atoms with Gasteiger partial charge < -0.3 is 4.74 Å². The third-order valence-electron chi connectivity index (χ3n) is 0.838. The van der Waals surface area contributed by atoms with Crippen molar-refractivity contribution in [3.8, 4) is 0 Å². The molecule has 0 amide bonds. The highest BCUT2D eigenvalue weighted by atomic mass is 19.4. The summed E-state index contributed by atoms with van der Waals surface area (Å²) in [6.45, 7) is 0.447. The fourth-order valence-electron chi connectivity index (χ4n) is 0.444. The van der Waals surface area contributed by atoms with Gasteiger partial charge in [-0.15, -0.1) is 13.2 Å². The van der Waals surface area contributed by atoms with E-state index in [4.69, 9.17) is 0 Å². The summed E-state index contributed by atoms with van der Waals surface area (Å²) < 4.78 is 75.8. The van der Waals surface area contributed by atoms with Crippen LogP contribution < -0.4 is 0 Å². The van der Waals surface area contributed by atoms with E-state index >= 15 is 0 Å². The lowest BCUT2D eigenvalue weighted by Gasteiger charge is -2.20. The van der Waals surface area contributed by atoms with Gasteiger partial charge in [-0.25, -0.2) is 9.13 Å². The highest BCUT2D eigenvalue weighted by Gasteiger charge is 2.49. The van der Waals surface area contributed by atoms with Crippen molar-refractivity contribution in [3.05, 3.63) is 0 Å². The van der Waals surface area contributed by atoms with Gasteiger partial charge in [-0.2, -0.15) is 8.78 Å². The summed E-state index contributed by atoms with van der Waals surface area (Å²) in [4.78, 5) is 0. The molecular weight excluding hydrogens is 206 g/mol. The molecule has 0 aromatic heterocycles. The fraction of sp³-hybridized carbons (Fsp3) is 1.00. The van der Waals surface area contributed by atoms with Crippen LogP contribution in [0.2, 0.25) is 0 Å². The highest BCUT2D eigenvalue weighted by Crippen LogP contribution is 2.29. The van der Waals surface area contributed by atoms with Gasteiger partial charge in [-0.3, -0.25) is 0 Å². The van der Waals surface area contributed by atoms with Crippen LogP contribution in [0, 0.1) is 0 Å². The SMILES string of the molecule is CCOC(F)(F)C(F)OC(F)(F)F. The smallest absolute Gasteiger partial charge is 0.317 e. The van der Waals surface area contributed by atoms with Crippen molar-refractivity contribution < 1.29 is 35.8 Å². The first-order chi connectivity index (χ1) is 5.69. The lowest BCUT2D eigenvalue weighted by Crippen LogP contribution is -2.38. The van der Waals surface area contributed by atoms with Crippen molar-refractivity contribution in [2.24, 2.45) is 0 Å². The Morgan fingerprint density at radius 1 is 1.15 bits per heavy atom. The second-order valence-electron chi connectivity index (χ2n) is 1.87. The third-order valence-corrected chi connectivity index (χ3v) is 0.838. The van der Waals surface area contributed by atoms with Crippen LogP contribution in [0.15, 0.2) is 0 Å². The Kier molecular flexibility index (Phi) is 3.98. The van der Waals surface area contributed by atoms with E-state index in [2.05, 4.69) is 9.47 Å². The number of alkyl halides is 6. The second-order valence-corrected chi connectivity index (χ2v) is 1.87. The topological polar surface area (TPSA) is 18.5 Å². The molecule has 8 heteroatoms. The molecule has 0 bridgehead atoms. The summed E-state index contributed by atoms with van der Waals surface area (Å²) in [6, 6.07) is 0. The predicted octanol–water partition coefficient (Wildman–Crippen LogP) is 2.45. The molecular formula is C5H6F6O2. The second kappa shape index (κ2) is 4.14. The molecule has 0 saturated carbocycles. The maximum Gasteiger partial charge on any atom is 0.525 e. The van der Waals surface area contributed by atoms with Crippen LogP contribution in [0.4, 0.5) is 26.3 Å². The maximum atomic E-state index is 12.1. The Morgan fingerprint density at radius 2 is 1.62 bits per heavy atom. The first-order valence-electron chi connectivity index (χ1n) is 3.09. The summed E-state index contributed by atoms with van der Waals surface area (Å²) >= 11 is 0. The predicted molar refractivity (Wildman–Crippen MR) is 28.6 cm³/mol. The standard InChI is InChI=1S/C5H6F6O2/c1-2-12-4(7,8)3(6)13-5(9,10)11/h3H,2H2,1H3. The Balaban J connectivity index is 4.16. The molecule has 0 aromatic carbocycles. The number of halogens is 6. The first kappa shape index (κ1) is 12.5. The summed E-state index contributed by atoms with van der Waals surface area (Å²) in [5, 5.41) is 0. The van der Waals surface area contributed by atoms with Crippen molar-refractivity contribution in [2.75, 3.05) is 6.61 Å². The van der Waals surface area contributed by atoms with Gasteiger partial charge in [0.05, 0.1) is 6.61 Å². The van der Waals surface area contributed by atoms with E-state index in [-0.39, 0.29) is 0 Å². The molecule has 0 saturated heterocycles. The van der Waals surface area contributed by atoms with Gasteiger partial charge in [0.2, 0.25) is 0 Å². The van der Waals surface area contributed by atoms with E-state index in [1.807, 2.05) is 0 Å². The van der Waals surface area contributed by atoms with Crippen molar-refractivity contribution in [1.29, 1.82) is 0 Å². The quantitative estimate of drug-likeness (QED) is 0.666. The molecule has 0 aromatic rings. The highest BCUT2D eigenvalue weighted by molar-refractivity contribution is 4.57. The van der Waals surface area contributed by atoms with Crippen LogP contribution in [0.1, 0.15) is 6.92 Å². The molecule has 0 heterocycles. The van der Waals surface area contributed by atoms with Crippen LogP contribution >= 0.6 is 0 Å². The average molecular weight is 212 g/mol. The molecule has 0 aliphatic rings. The van der Waals surface area contributed by atoms with E-state index in [0.29, 0.717) is 0 Å². The minimum atomic E-state index is -5.46. The molecule has 0 aliphatic heterocycles. The van der Waals surface area contributed by atoms with Crippen LogP contribution in [0.3, 0.4) is 0 Å². The minimum absolute atomic E-state index is 0.630.